The second-order valence-corrected chi connectivity index (χ2v) is 5.86. The molecule has 1 fully saturated rings. The lowest BCUT2D eigenvalue weighted by Crippen LogP contribution is -2.39. The van der Waals surface area contributed by atoms with Crippen LogP contribution in [0.15, 0.2) is 22.7 Å². The van der Waals surface area contributed by atoms with Crippen molar-refractivity contribution in [3.8, 4) is 0 Å². The summed E-state index contributed by atoms with van der Waals surface area (Å²) in [4.78, 5) is 0. The van der Waals surface area contributed by atoms with Crippen LogP contribution in [0.5, 0.6) is 0 Å². The number of ether oxygens (including phenoxy) is 1. The Morgan fingerprint density at radius 1 is 1.44 bits per heavy atom. The predicted octanol–water partition coefficient (Wildman–Crippen LogP) is 3.29. The van der Waals surface area contributed by atoms with Gasteiger partial charge in [0, 0.05) is 10.5 Å². The summed E-state index contributed by atoms with van der Waals surface area (Å²) >= 11 is 3.33. The van der Waals surface area contributed by atoms with Crippen LogP contribution in [-0.2, 0) is 11.2 Å². The molecule has 1 aromatic carbocycles. The average Bonchev–Trinajstić information content (AvgIpc) is 2.71. The molecule has 0 amide bonds. The number of halogens is 2. The Hall–Kier alpha value is -0.450. The molecule has 1 N–H and O–H groups in total. The molecule has 0 saturated carbocycles. The number of nitrogens with one attached hydrogen (secondary N) is 1. The van der Waals surface area contributed by atoms with Crippen LogP contribution in [-0.4, -0.2) is 25.3 Å². The normalized spacial score (nSPS) is 25.3. The van der Waals surface area contributed by atoms with Gasteiger partial charge in [-0.15, -0.1) is 0 Å². The molecule has 3 unspecified atom stereocenters. The van der Waals surface area contributed by atoms with Gasteiger partial charge in [0.25, 0.3) is 0 Å². The zero-order chi connectivity index (χ0) is 13.1. The second kappa shape index (κ2) is 6.13. The Labute approximate surface area is 116 Å². The zero-order valence-electron chi connectivity index (χ0n) is 10.7. The van der Waals surface area contributed by atoms with Crippen LogP contribution < -0.4 is 5.32 Å². The number of benzene rings is 1. The maximum Gasteiger partial charge on any atom is 0.124 e. The average molecular weight is 316 g/mol. The molecule has 100 valence electrons. The molecule has 0 aliphatic carbocycles. The summed E-state index contributed by atoms with van der Waals surface area (Å²) in [6.07, 6.45) is 3.53. The van der Waals surface area contributed by atoms with E-state index in [-0.39, 0.29) is 18.0 Å². The molecule has 0 radical (unpaired) electrons. The fourth-order valence-corrected chi connectivity index (χ4v) is 3.04. The molecule has 0 bridgehead atoms. The summed E-state index contributed by atoms with van der Waals surface area (Å²) in [7, 11) is 1.94. The van der Waals surface area contributed by atoms with Crippen molar-refractivity contribution in [3.05, 3.63) is 34.1 Å². The van der Waals surface area contributed by atoms with Gasteiger partial charge in [-0.2, -0.15) is 0 Å². The van der Waals surface area contributed by atoms with Gasteiger partial charge in [-0.1, -0.05) is 15.9 Å². The first-order chi connectivity index (χ1) is 8.58. The lowest BCUT2D eigenvalue weighted by molar-refractivity contribution is 0.0337. The molecule has 18 heavy (non-hydrogen) atoms. The quantitative estimate of drug-likeness (QED) is 0.920. The molecule has 1 aliphatic rings. The lowest BCUT2D eigenvalue weighted by Gasteiger charge is -2.23. The van der Waals surface area contributed by atoms with Crippen LogP contribution in [0.4, 0.5) is 4.39 Å². The van der Waals surface area contributed by atoms with Gasteiger partial charge >= 0.3 is 0 Å². The number of hydrogen-bond donors (Lipinski definition) is 1. The van der Waals surface area contributed by atoms with Crippen LogP contribution in [0.1, 0.15) is 25.3 Å². The van der Waals surface area contributed by atoms with Crippen molar-refractivity contribution >= 4 is 15.9 Å². The highest BCUT2D eigenvalue weighted by Crippen LogP contribution is 2.24. The van der Waals surface area contributed by atoms with Crippen LogP contribution in [0.3, 0.4) is 0 Å². The third-order valence-electron chi connectivity index (χ3n) is 3.46. The first kappa shape index (κ1) is 14.0. The Morgan fingerprint density at radius 3 is 2.78 bits per heavy atom. The van der Waals surface area contributed by atoms with Crippen molar-refractivity contribution in [2.75, 3.05) is 7.05 Å². The van der Waals surface area contributed by atoms with Gasteiger partial charge < -0.3 is 10.1 Å². The second-order valence-electron chi connectivity index (χ2n) is 4.94. The molecular weight excluding hydrogens is 297 g/mol. The summed E-state index contributed by atoms with van der Waals surface area (Å²) in [6.45, 7) is 2.10. The van der Waals surface area contributed by atoms with E-state index in [1.807, 2.05) is 13.1 Å². The van der Waals surface area contributed by atoms with E-state index >= 15 is 0 Å². The number of rotatable bonds is 4. The van der Waals surface area contributed by atoms with Crippen LogP contribution in [0.25, 0.3) is 0 Å². The minimum absolute atomic E-state index is 0.199. The molecule has 0 aromatic heterocycles. The summed E-state index contributed by atoms with van der Waals surface area (Å²) in [5.74, 6) is -0.199. The largest absolute Gasteiger partial charge is 0.374 e. The minimum Gasteiger partial charge on any atom is -0.374 e. The first-order valence-corrected chi connectivity index (χ1v) is 7.15. The van der Waals surface area contributed by atoms with Gasteiger partial charge in [0.05, 0.1) is 12.2 Å². The van der Waals surface area contributed by atoms with Crippen LogP contribution >= 0.6 is 15.9 Å². The SMILES string of the molecule is CNC(Cc1cc(F)cc(Br)c1)C1CCC(C)O1. The standard InChI is InChI=1S/C14H19BrFNO/c1-9-3-4-14(18-9)13(17-2)7-10-5-11(15)8-12(16)6-10/h5-6,8-9,13-14,17H,3-4,7H2,1-2H3. The van der Waals surface area contributed by atoms with Crippen LogP contribution in [0.2, 0.25) is 0 Å². The van der Waals surface area contributed by atoms with E-state index < -0.39 is 0 Å². The molecule has 2 nitrogen and oxygen atoms in total. The molecule has 1 aliphatic heterocycles. The highest BCUT2D eigenvalue weighted by Gasteiger charge is 2.28. The van der Waals surface area contributed by atoms with Gasteiger partial charge in [0.2, 0.25) is 0 Å². The van der Waals surface area contributed by atoms with E-state index in [0.717, 1.165) is 29.3 Å². The molecule has 1 heterocycles. The Morgan fingerprint density at radius 2 is 2.22 bits per heavy atom. The van der Waals surface area contributed by atoms with Crippen molar-refractivity contribution in [1.29, 1.82) is 0 Å². The van der Waals surface area contributed by atoms with E-state index in [0.29, 0.717) is 6.10 Å². The van der Waals surface area contributed by atoms with E-state index in [2.05, 4.69) is 28.2 Å². The van der Waals surface area contributed by atoms with Crippen molar-refractivity contribution in [3.63, 3.8) is 0 Å². The van der Waals surface area contributed by atoms with Gasteiger partial charge in [-0.3, -0.25) is 0 Å². The van der Waals surface area contributed by atoms with E-state index in [4.69, 9.17) is 4.74 Å². The van der Waals surface area contributed by atoms with Gasteiger partial charge in [0.1, 0.15) is 5.82 Å². The predicted molar refractivity (Wildman–Crippen MR) is 74.2 cm³/mol. The Bertz CT molecular complexity index is 393. The first-order valence-electron chi connectivity index (χ1n) is 6.36. The maximum absolute atomic E-state index is 13.3. The zero-order valence-corrected chi connectivity index (χ0v) is 12.3. The molecule has 0 spiro atoms. The fourth-order valence-electron chi connectivity index (χ4n) is 2.53. The third-order valence-corrected chi connectivity index (χ3v) is 3.92. The minimum atomic E-state index is -0.199. The fraction of sp³-hybridized carbons (Fsp3) is 0.571. The molecule has 4 heteroatoms. The molecular formula is C14H19BrFNO. The molecule has 1 saturated heterocycles. The van der Waals surface area contributed by atoms with Gasteiger partial charge in [0.15, 0.2) is 0 Å². The highest BCUT2D eigenvalue weighted by molar-refractivity contribution is 9.10. The van der Waals surface area contributed by atoms with E-state index in [1.165, 1.54) is 6.07 Å². The lowest BCUT2D eigenvalue weighted by atomic mass is 9.99. The summed E-state index contributed by atoms with van der Waals surface area (Å²) in [5.41, 5.74) is 0.990. The molecule has 1 aromatic rings. The number of hydrogen-bond acceptors (Lipinski definition) is 2. The number of likely N-dealkylation sites (N-methyl/N-ethyl adjacent to an activating group) is 1. The maximum atomic E-state index is 13.3. The molecule has 2 rings (SSSR count). The van der Waals surface area contributed by atoms with Crippen molar-refractivity contribution in [2.45, 2.75) is 44.4 Å². The monoisotopic (exact) mass is 315 g/mol. The van der Waals surface area contributed by atoms with E-state index in [9.17, 15) is 4.39 Å². The highest BCUT2D eigenvalue weighted by atomic mass is 79.9. The summed E-state index contributed by atoms with van der Waals surface area (Å²) in [5, 5.41) is 3.29. The van der Waals surface area contributed by atoms with Crippen molar-refractivity contribution in [2.24, 2.45) is 0 Å². The summed E-state index contributed by atoms with van der Waals surface area (Å²) in [6, 6.07) is 5.27. The third kappa shape index (κ3) is 3.53. The van der Waals surface area contributed by atoms with Crippen molar-refractivity contribution < 1.29 is 9.13 Å². The smallest absolute Gasteiger partial charge is 0.124 e. The van der Waals surface area contributed by atoms with Gasteiger partial charge in [-0.25, -0.2) is 4.39 Å². The van der Waals surface area contributed by atoms with Crippen LogP contribution in [0, 0.1) is 5.82 Å². The summed E-state index contributed by atoms with van der Waals surface area (Å²) < 4.78 is 20.0. The Balaban J connectivity index is 2.05. The topological polar surface area (TPSA) is 21.3 Å². The molecule has 3 atom stereocenters. The van der Waals surface area contributed by atoms with E-state index in [1.54, 1.807) is 6.07 Å². The van der Waals surface area contributed by atoms with Gasteiger partial charge in [-0.05, 0) is 57.0 Å². The Kier molecular flexibility index (Phi) is 4.76. The van der Waals surface area contributed by atoms with Crippen molar-refractivity contribution in [1.82, 2.24) is 5.32 Å².